The fourth-order valence-corrected chi connectivity index (χ4v) is 5.52. The molecule has 2 heterocycles. The molecule has 3 aromatic rings. The van der Waals surface area contributed by atoms with Crippen LogP contribution in [0.4, 0.5) is 14.5 Å². The van der Waals surface area contributed by atoms with Gasteiger partial charge in [0.25, 0.3) is 0 Å². The molecule has 2 amide bonds. The molecule has 0 N–H and O–H groups in total. The zero-order chi connectivity index (χ0) is 24.6. The molecular weight excluding hydrogens is 480 g/mol. The first-order valence-electron chi connectivity index (χ1n) is 10.7. The van der Waals surface area contributed by atoms with Gasteiger partial charge in [-0.15, -0.1) is 0 Å². The zero-order valence-electron chi connectivity index (χ0n) is 17.7. The monoisotopic (exact) mass is 493 g/mol. The van der Waals surface area contributed by atoms with E-state index in [0.29, 0.717) is 5.56 Å². The number of fused-ring (bicyclic) bond motifs is 3. The smallest absolute Gasteiger partial charge is 0.241 e. The summed E-state index contributed by atoms with van der Waals surface area (Å²) < 4.78 is 33.5. The molecule has 0 saturated carbocycles. The molecule has 0 radical (unpaired) electrons. The van der Waals surface area contributed by atoms with Crippen molar-refractivity contribution < 1.29 is 32.7 Å². The first-order valence-corrected chi connectivity index (χ1v) is 11.1. The summed E-state index contributed by atoms with van der Waals surface area (Å²) in [6.07, 6.45) is -1.18. The van der Waals surface area contributed by atoms with Crippen molar-refractivity contribution in [3.8, 4) is 0 Å². The summed E-state index contributed by atoms with van der Waals surface area (Å²) in [5.41, 5.74) is -1.73. The lowest BCUT2D eigenvalue weighted by Gasteiger charge is -2.27. The van der Waals surface area contributed by atoms with Gasteiger partial charge in [-0.2, -0.15) is 0 Å². The van der Waals surface area contributed by atoms with E-state index in [0.717, 1.165) is 29.2 Å². The van der Waals surface area contributed by atoms with Crippen LogP contribution in [0.5, 0.6) is 0 Å². The van der Waals surface area contributed by atoms with Gasteiger partial charge < -0.3 is 4.74 Å². The van der Waals surface area contributed by atoms with Gasteiger partial charge in [0.1, 0.15) is 11.6 Å². The van der Waals surface area contributed by atoms with Crippen LogP contribution in [0.2, 0.25) is 5.02 Å². The van der Waals surface area contributed by atoms with Crippen LogP contribution in [0.15, 0.2) is 66.7 Å². The van der Waals surface area contributed by atoms with E-state index in [4.69, 9.17) is 16.3 Å². The summed E-state index contributed by atoms with van der Waals surface area (Å²) in [5, 5.41) is -0.304. The minimum Gasteiger partial charge on any atom is -0.349 e. The number of hydrogen-bond donors (Lipinski definition) is 0. The maximum atomic E-state index is 13.8. The molecule has 9 heteroatoms. The van der Waals surface area contributed by atoms with Crippen molar-refractivity contribution in [1.29, 1.82) is 0 Å². The summed E-state index contributed by atoms with van der Waals surface area (Å²) in [6.45, 7) is 0. The van der Waals surface area contributed by atoms with Crippen LogP contribution in [0, 0.1) is 23.5 Å². The predicted octanol–water partition coefficient (Wildman–Crippen LogP) is 4.31. The first-order chi connectivity index (χ1) is 16.8. The zero-order valence-corrected chi connectivity index (χ0v) is 18.5. The number of halogens is 3. The lowest BCUT2D eigenvalue weighted by Crippen LogP contribution is -2.51. The normalized spacial score (nSPS) is 24.4. The largest absolute Gasteiger partial charge is 0.349 e. The number of amides is 2. The molecule has 3 aromatic carbocycles. The molecule has 6 nitrogen and oxygen atoms in total. The second-order valence-electron chi connectivity index (χ2n) is 8.64. The van der Waals surface area contributed by atoms with E-state index in [-0.39, 0.29) is 21.8 Å². The van der Waals surface area contributed by atoms with Crippen molar-refractivity contribution in [3.63, 3.8) is 0 Å². The second-order valence-corrected chi connectivity index (χ2v) is 9.05. The molecule has 0 aromatic heterocycles. The van der Waals surface area contributed by atoms with Crippen LogP contribution in [0.3, 0.4) is 0 Å². The van der Waals surface area contributed by atoms with Gasteiger partial charge in [-0.1, -0.05) is 48.0 Å². The summed E-state index contributed by atoms with van der Waals surface area (Å²) in [5.74, 6) is -6.98. The Morgan fingerprint density at radius 1 is 0.829 bits per heavy atom. The van der Waals surface area contributed by atoms with Gasteiger partial charge in [-0.05, 0) is 35.9 Å². The standard InChI is InChI=1S/C26H14ClF2NO5/c27-17-11-14(9-10-18(17)29)30-24(33)19-20(25(30)34)26(35-21(19)12-5-7-13(28)8-6-12)22(31)15-3-1-2-4-16(15)23(26)32/h1-11,19-21H/t19-,20-,21-/m1/s1. The van der Waals surface area contributed by atoms with Gasteiger partial charge in [-0.25, -0.2) is 13.7 Å². The average Bonchev–Trinajstić information content (AvgIpc) is 3.41. The Morgan fingerprint density at radius 2 is 1.46 bits per heavy atom. The Balaban J connectivity index is 1.54. The summed E-state index contributed by atoms with van der Waals surface area (Å²) >= 11 is 5.88. The minimum atomic E-state index is -2.25. The highest BCUT2D eigenvalue weighted by atomic mass is 35.5. The van der Waals surface area contributed by atoms with Crippen molar-refractivity contribution in [3.05, 3.63) is 100 Å². The lowest BCUT2D eigenvalue weighted by atomic mass is 9.77. The fourth-order valence-electron chi connectivity index (χ4n) is 5.35. The summed E-state index contributed by atoms with van der Waals surface area (Å²) in [4.78, 5) is 55.5. The maximum Gasteiger partial charge on any atom is 0.241 e. The highest BCUT2D eigenvalue weighted by Gasteiger charge is 2.74. The van der Waals surface area contributed by atoms with Gasteiger partial charge in [0.2, 0.25) is 29.0 Å². The molecular formula is C26H14ClF2NO5. The Morgan fingerprint density at radius 3 is 2.06 bits per heavy atom. The third-order valence-corrected chi connectivity index (χ3v) is 7.17. The number of Topliss-reactive ketones (excluding diaryl/α,β-unsaturated/α-hetero) is 2. The highest BCUT2D eigenvalue weighted by molar-refractivity contribution is 6.37. The van der Waals surface area contributed by atoms with E-state index in [1.54, 1.807) is 12.1 Å². The number of hydrogen-bond acceptors (Lipinski definition) is 5. The molecule has 2 aliphatic heterocycles. The second kappa shape index (κ2) is 7.37. The van der Waals surface area contributed by atoms with E-state index < -0.39 is 58.6 Å². The molecule has 3 aliphatic rings. The van der Waals surface area contributed by atoms with Crippen molar-refractivity contribution in [1.82, 2.24) is 0 Å². The quantitative estimate of drug-likeness (QED) is 0.392. The van der Waals surface area contributed by atoms with Crippen LogP contribution in [-0.4, -0.2) is 29.0 Å². The number of anilines is 1. The molecule has 3 atom stereocenters. The molecule has 0 unspecified atom stereocenters. The number of nitrogens with zero attached hydrogens (tertiary/aromatic N) is 1. The van der Waals surface area contributed by atoms with Gasteiger partial charge in [0.05, 0.1) is 28.6 Å². The number of ether oxygens (including phenoxy) is 1. The average molecular weight is 494 g/mol. The molecule has 2 saturated heterocycles. The van der Waals surface area contributed by atoms with Gasteiger partial charge in [-0.3, -0.25) is 19.2 Å². The molecule has 35 heavy (non-hydrogen) atoms. The topological polar surface area (TPSA) is 80.8 Å². The number of carbonyl (C=O) groups excluding carboxylic acids is 4. The number of imide groups is 1. The van der Waals surface area contributed by atoms with Gasteiger partial charge in [0.15, 0.2) is 0 Å². The Kier molecular flexibility index (Phi) is 4.58. The maximum absolute atomic E-state index is 13.8. The van der Waals surface area contributed by atoms with E-state index in [1.807, 2.05) is 0 Å². The third kappa shape index (κ3) is 2.78. The molecule has 1 spiro atoms. The van der Waals surface area contributed by atoms with Crippen LogP contribution >= 0.6 is 11.6 Å². The molecule has 1 aliphatic carbocycles. The van der Waals surface area contributed by atoms with Crippen LogP contribution in [0.25, 0.3) is 0 Å². The summed E-state index contributed by atoms with van der Waals surface area (Å²) in [6, 6.07) is 14.5. The Hall–Kier alpha value is -3.75. The van der Waals surface area contributed by atoms with Crippen molar-refractivity contribution in [2.24, 2.45) is 11.8 Å². The Labute approximate surface area is 202 Å². The van der Waals surface area contributed by atoms with Crippen LogP contribution in [0.1, 0.15) is 32.4 Å². The molecule has 2 fully saturated rings. The van der Waals surface area contributed by atoms with E-state index in [1.165, 1.54) is 30.3 Å². The number of carbonyl (C=O) groups is 4. The first kappa shape index (κ1) is 21.8. The summed E-state index contributed by atoms with van der Waals surface area (Å²) in [7, 11) is 0. The van der Waals surface area contributed by atoms with E-state index in [9.17, 15) is 28.0 Å². The number of benzene rings is 3. The number of ketones is 2. The fraction of sp³-hybridized carbons (Fsp3) is 0.154. The van der Waals surface area contributed by atoms with E-state index in [2.05, 4.69) is 0 Å². The molecule has 174 valence electrons. The molecule has 6 rings (SSSR count). The third-order valence-electron chi connectivity index (χ3n) is 6.88. The Bertz CT molecular complexity index is 1440. The predicted molar refractivity (Wildman–Crippen MR) is 119 cm³/mol. The highest BCUT2D eigenvalue weighted by Crippen LogP contribution is 2.57. The van der Waals surface area contributed by atoms with Crippen molar-refractivity contribution >= 4 is 40.7 Å². The van der Waals surface area contributed by atoms with Crippen LogP contribution in [-0.2, 0) is 14.3 Å². The van der Waals surface area contributed by atoms with Gasteiger partial charge >= 0.3 is 0 Å². The van der Waals surface area contributed by atoms with Crippen molar-refractivity contribution in [2.45, 2.75) is 11.7 Å². The number of rotatable bonds is 2. The van der Waals surface area contributed by atoms with Gasteiger partial charge in [0, 0.05) is 11.1 Å². The van der Waals surface area contributed by atoms with Crippen LogP contribution < -0.4 is 4.90 Å². The lowest BCUT2D eigenvalue weighted by molar-refractivity contribution is -0.127. The SMILES string of the molecule is O=C1[C@H]2[C@@H](c3ccc(F)cc3)OC3(C(=O)c4ccccc4C3=O)[C@H]2C(=O)N1c1ccc(F)c(Cl)c1. The molecule has 0 bridgehead atoms. The van der Waals surface area contributed by atoms with Crippen molar-refractivity contribution in [2.75, 3.05) is 4.90 Å². The van der Waals surface area contributed by atoms with E-state index >= 15 is 0 Å². The minimum absolute atomic E-state index is 0.00390.